The van der Waals surface area contributed by atoms with Crippen molar-refractivity contribution in [2.24, 2.45) is 0 Å². The zero-order valence-corrected chi connectivity index (χ0v) is 8.43. The molecule has 1 heteroatoms. The quantitative estimate of drug-likeness (QED) is 0.622. The van der Waals surface area contributed by atoms with Gasteiger partial charge in [-0.2, -0.15) is 0 Å². The first-order chi connectivity index (χ1) is 5.77. The summed E-state index contributed by atoms with van der Waals surface area (Å²) >= 11 is 5.69. The molecule has 1 aromatic rings. The Labute approximate surface area is 79.6 Å². The van der Waals surface area contributed by atoms with E-state index in [4.69, 9.17) is 11.6 Å². The van der Waals surface area contributed by atoms with Crippen LogP contribution in [0.3, 0.4) is 0 Å². The Morgan fingerprint density at radius 3 is 2.25 bits per heavy atom. The summed E-state index contributed by atoms with van der Waals surface area (Å²) in [6.45, 7) is 4.45. The Bertz CT molecular complexity index is 225. The summed E-state index contributed by atoms with van der Waals surface area (Å²) in [5, 5.41) is 0. The molecule has 66 valence electrons. The summed E-state index contributed by atoms with van der Waals surface area (Å²) in [5.74, 6) is 1.27. The van der Waals surface area contributed by atoms with Gasteiger partial charge in [-0.25, -0.2) is 0 Å². The molecule has 1 aromatic carbocycles. The summed E-state index contributed by atoms with van der Waals surface area (Å²) in [6, 6.07) is 8.56. The van der Waals surface area contributed by atoms with Crippen LogP contribution in [0.1, 0.15) is 37.3 Å². The molecule has 0 saturated heterocycles. The van der Waals surface area contributed by atoms with Crippen LogP contribution in [-0.4, -0.2) is 0 Å². The lowest BCUT2D eigenvalue weighted by atomic mass is 9.98. The van der Waals surface area contributed by atoms with E-state index in [9.17, 15) is 0 Å². The number of hydrogen-bond donors (Lipinski definition) is 0. The highest BCUT2D eigenvalue weighted by molar-refractivity contribution is 6.17. The summed E-state index contributed by atoms with van der Waals surface area (Å²) in [4.78, 5) is 0. The number of rotatable bonds is 3. The van der Waals surface area contributed by atoms with Gasteiger partial charge in [0.1, 0.15) is 0 Å². The van der Waals surface area contributed by atoms with Gasteiger partial charge in [-0.05, 0) is 23.5 Å². The molecule has 0 aliphatic carbocycles. The minimum atomic E-state index is 0.612. The van der Waals surface area contributed by atoms with Crippen LogP contribution < -0.4 is 0 Å². The largest absolute Gasteiger partial charge is 0.122 e. The van der Waals surface area contributed by atoms with Crippen molar-refractivity contribution in [3.05, 3.63) is 35.4 Å². The first-order valence-electron chi connectivity index (χ1n) is 4.42. The maximum absolute atomic E-state index is 5.69. The molecule has 0 N–H and O–H groups in total. The van der Waals surface area contributed by atoms with E-state index in [0.29, 0.717) is 11.8 Å². The molecular formula is C11H15Cl. The summed E-state index contributed by atoms with van der Waals surface area (Å²) in [5.41, 5.74) is 2.61. The zero-order chi connectivity index (χ0) is 8.97. The van der Waals surface area contributed by atoms with Gasteiger partial charge in [0.15, 0.2) is 0 Å². The topological polar surface area (TPSA) is 0 Å². The van der Waals surface area contributed by atoms with Gasteiger partial charge in [0.25, 0.3) is 0 Å². The SMILES string of the molecule is CCC(C)c1ccc(CCl)cc1. The predicted octanol–water partition coefficient (Wildman–Crippen LogP) is 3.94. The Hall–Kier alpha value is -0.490. The molecule has 0 aliphatic rings. The standard InChI is InChI=1S/C11H15Cl/c1-3-9(2)11-6-4-10(8-12)5-7-11/h4-7,9H,3,8H2,1-2H3. The maximum atomic E-state index is 5.69. The molecule has 1 atom stereocenters. The van der Waals surface area contributed by atoms with Crippen molar-refractivity contribution in [3.8, 4) is 0 Å². The van der Waals surface area contributed by atoms with Crippen molar-refractivity contribution in [2.75, 3.05) is 0 Å². The number of hydrogen-bond acceptors (Lipinski definition) is 0. The fourth-order valence-corrected chi connectivity index (χ4v) is 1.35. The Balaban J connectivity index is 2.77. The summed E-state index contributed by atoms with van der Waals surface area (Å²) in [7, 11) is 0. The lowest BCUT2D eigenvalue weighted by molar-refractivity contribution is 0.733. The maximum Gasteiger partial charge on any atom is 0.0474 e. The van der Waals surface area contributed by atoms with E-state index in [-0.39, 0.29) is 0 Å². The summed E-state index contributed by atoms with van der Waals surface area (Å²) in [6.07, 6.45) is 1.19. The summed E-state index contributed by atoms with van der Waals surface area (Å²) < 4.78 is 0. The highest BCUT2D eigenvalue weighted by Gasteiger charge is 2.01. The van der Waals surface area contributed by atoms with Gasteiger partial charge in [0.05, 0.1) is 0 Å². The van der Waals surface area contributed by atoms with Gasteiger partial charge in [-0.3, -0.25) is 0 Å². The van der Waals surface area contributed by atoms with Crippen LogP contribution in [0.25, 0.3) is 0 Å². The van der Waals surface area contributed by atoms with Gasteiger partial charge in [-0.15, -0.1) is 11.6 Å². The number of alkyl halides is 1. The third-order valence-electron chi connectivity index (χ3n) is 2.32. The number of halogens is 1. The lowest BCUT2D eigenvalue weighted by Crippen LogP contribution is -1.90. The van der Waals surface area contributed by atoms with Crippen LogP contribution in [0, 0.1) is 0 Å². The molecule has 0 radical (unpaired) electrons. The molecule has 0 saturated carbocycles. The van der Waals surface area contributed by atoms with Gasteiger partial charge >= 0.3 is 0 Å². The molecule has 0 nitrogen and oxygen atoms in total. The van der Waals surface area contributed by atoms with E-state index in [2.05, 4.69) is 38.1 Å². The van der Waals surface area contributed by atoms with Crippen LogP contribution in [0.15, 0.2) is 24.3 Å². The smallest absolute Gasteiger partial charge is 0.0474 e. The van der Waals surface area contributed by atoms with Crippen molar-refractivity contribution >= 4 is 11.6 Å². The molecule has 12 heavy (non-hydrogen) atoms. The third kappa shape index (κ3) is 2.25. The first kappa shape index (κ1) is 9.60. The Morgan fingerprint density at radius 2 is 1.83 bits per heavy atom. The zero-order valence-electron chi connectivity index (χ0n) is 7.68. The third-order valence-corrected chi connectivity index (χ3v) is 2.62. The van der Waals surface area contributed by atoms with Crippen molar-refractivity contribution in [1.29, 1.82) is 0 Å². The van der Waals surface area contributed by atoms with E-state index in [1.165, 1.54) is 17.5 Å². The van der Waals surface area contributed by atoms with Crippen molar-refractivity contribution < 1.29 is 0 Å². The highest BCUT2D eigenvalue weighted by Crippen LogP contribution is 2.19. The molecule has 0 heterocycles. The first-order valence-corrected chi connectivity index (χ1v) is 4.96. The van der Waals surface area contributed by atoms with E-state index in [0.717, 1.165) is 0 Å². The molecule has 0 bridgehead atoms. The molecule has 0 aromatic heterocycles. The van der Waals surface area contributed by atoms with E-state index >= 15 is 0 Å². The van der Waals surface area contributed by atoms with Gasteiger partial charge in [0, 0.05) is 5.88 Å². The molecular weight excluding hydrogens is 168 g/mol. The van der Waals surface area contributed by atoms with Crippen molar-refractivity contribution in [1.82, 2.24) is 0 Å². The van der Waals surface area contributed by atoms with Gasteiger partial charge < -0.3 is 0 Å². The second-order valence-electron chi connectivity index (χ2n) is 3.18. The minimum absolute atomic E-state index is 0.612. The van der Waals surface area contributed by atoms with Crippen molar-refractivity contribution in [3.63, 3.8) is 0 Å². The average Bonchev–Trinajstić information content (AvgIpc) is 2.17. The number of benzene rings is 1. The van der Waals surface area contributed by atoms with E-state index in [1.54, 1.807) is 0 Å². The minimum Gasteiger partial charge on any atom is -0.122 e. The fraction of sp³-hybridized carbons (Fsp3) is 0.455. The Morgan fingerprint density at radius 1 is 1.25 bits per heavy atom. The van der Waals surface area contributed by atoms with Crippen LogP contribution in [0.5, 0.6) is 0 Å². The highest BCUT2D eigenvalue weighted by atomic mass is 35.5. The fourth-order valence-electron chi connectivity index (χ4n) is 1.17. The van der Waals surface area contributed by atoms with Crippen LogP contribution in [0.4, 0.5) is 0 Å². The normalized spacial score (nSPS) is 12.9. The molecule has 1 unspecified atom stereocenters. The van der Waals surface area contributed by atoms with Crippen LogP contribution in [-0.2, 0) is 5.88 Å². The molecule has 0 aliphatic heterocycles. The second kappa shape index (κ2) is 4.51. The molecule has 0 fully saturated rings. The molecule has 0 amide bonds. The van der Waals surface area contributed by atoms with E-state index < -0.39 is 0 Å². The van der Waals surface area contributed by atoms with Crippen LogP contribution >= 0.6 is 11.6 Å². The monoisotopic (exact) mass is 182 g/mol. The molecule has 1 rings (SSSR count). The van der Waals surface area contributed by atoms with E-state index in [1.807, 2.05) is 0 Å². The van der Waals surface area contributed by atoms with Crippen molar-refractivity contribution in [2.45, 2.75) is 32.1 Å². The predicted molar refractivity (Wildman–Crippen MR) is 54.7 cm³/mol. The van der Waals surface area contributed by atoms with Gasteiger partial charge in [-0.1, -0.05) is 38.1 Å². The van der Waals surface area contributed by atoms with Crippen LogP contribution in [0.2, 0.25) is 0 Å². The average molecular weight is 183 g/mol. The molecule has 0 spiro atoms. The lowest BCUT2D eigenvalue weighted by Gasteiger charge is -2.08. The Kier molecular flexibility index (Phi) is 3.61. The second-order valence-corrected chi connectivity index (χ2v) is 3.45. The van der Waals surface area contributed by atoms with Gasteiger partial charge in [0.2, 0.25) is 0 Å².